The second-order valence-corrected chi connectivity index (χ2v) is 6.46. The van der Waals surface area contributed by atoms with Gasteiger partial charge >= 0.3 is 0 Å². The zero-order valence-corrected chi connectivity index (χ0v) is 20.6. The smallest absolute Gasteiger partial charge is 0.0701 e. The molecule has 0 saturated carbocycles. The molecule has 13 nitrogen and oxygen atoms in total. The molecule has 0 N–H and O–H groups in total. The first-order chi connectivity index (χ1) is 16.9. The van der Waals surface area contributed by atoms with Crippen LogP contribution in [0.1, 0.15) is 0 Å². The molecule has 0 aromatic rings. The van der Waals surface area contributed by atoms with Gasteiger partial charge in [-0.3, -0.25) is 0 Å². The number of hydrogen-bond donors (Lipinski definition) is 0. The topological polar surface area (TPSA) is 141 Å². The van der Waals surface area contributed by atoms with Crippen LogP contribution in [-0.2, 0) is 47.4 Å². The molecule has 0 radical (unpaired) electrons. The SMILES string of the molecule is COCCOCCOCCOCCOCCOCCOCCOCCOCCOCCN=[N+]=[N-]. The van der Waals surface area contributed by atoms with Crippen LogP contribution in [0.3, 0.4) is 0 Å². The molecule has 0 unspecified atom stereocenters. The van der Waals surface area contributed by atoms with E-state index in [1.54, 1.807) is 7.11 Å². The van der Waals surface area contributed by atoms with Crippen LogP contribution >= 0.6 is 0 Å². The van der Waals surface area contributed by atoms with Gasteiger partial charge in [0.25, 0.3) is 0 Å². The minimum Gasteiger partial charge on any atom is -0.382 e. The third kappa shape index (κ3) is 30.9. The van der Waals surface area contributed by atoms with E-state index < -0.39 is 0 Å². The molecule has 0 amide bonds. The molecule has 0 rings (SSSR count). The molecule has 0 aromatic carbocycles. The van der Waals surface area contributed by atoms with Crippen molar-refractivity contribution in [1.82, 2.24) is 0 Å². The maximum Gasteiger partial charge on any atom is 0.0701 e. The molecule has 0 aliphatic carbocycles. The van der Waals surface area contributed by atoms with E-state index in [1.807, 2.05) is 0 Å². The second kappa shape index (κ2) is 31.9. The predicted molar refractivity (Wildman–Crippen MR) is 123 cm³/mol. The molecule has 0 heterocycles. The molecule has 0 atom stereocenters. The van der Waals surface area contributed by atoms with Gasteiger partial charge in [0.1, 0.15) is 0 Å². The molecule has 13 heteroatoms. The average molecular weight is 498 g/mol. The summed E-state index contributed by atoms with van der Waals surface area (Å²) in [6.07, 6.45) is 0. The van der Waals surface area contributed by atoms with Crippen LogP contribution in [0.2, 0.25) is 0 Å². The second-order valence-electron chi connectivity index (χ2n) is 6.46. The van der Waals surface area contributed by atoms with Crippen molar-refractivity contribution in [1.29, 1.82) is 0 Å². The Hall–Kier alpha value is -1.09. The van der Waals surface area contributed by atoms with Crippen molar-refractivity contribution < 1.29 is 47.4 Å². The number of rotatable bonds is 30. The molecule has 0 aliphatic heterocycles. The van der Waals surface area contributed by atoms with Gasteiger partial charge in [-0.25, -0.2) is 0 Å². The molecule has 0 aliphatic rings. The lowest BCUT2D eigenvalue weighted by molar-refractivity contribution is -0.0257. The van der Waals surface area contributed by atoms with Gasteiger partial charge in [-0.2, -0.15) is 0 Å². The lowest BCUT2D eigenvalue weighted by Gasteiger charge is -2.08. The van der Waals surface area contributed by atoms with E-state index in [0.29, 0.717) is 132 Å². The van der Waals surface area contributed by atoms with Crippen LogP contribution in [0.5, 0.6) is 0 Å². The van der Waals surface area contributed by atoms with Crippen molar-refractivity contribution in [3.63, 3.8) is 0 Å². The fourth-order valence-electron chi connectivity index (χ4n) is 2.15. The van der Waals surface area contributed by atoms with Crippen molar-refractivity contribution in [2.75, 3.05) is 139 Å². The summed E-state index contributed by atoms with van der Waals surface area (Å²) in [4.78, 5) is 2.64. The zero-order valence-electron chi connectivity index (χ0n) is 20.6. The largest absolute Gasteiger partial charge is 0.382 e. The van der Waals surface area contributed by atoms with Gasteiger partial charge < -0.3 is 47.4 Å². The number of ether oxygens (including phenoxy) is 10. The van der Waals surface area contributed by atoms with E-state index in [-0.39, 0.29) is 0 Å². The molecule has 202 valence electrons. The third-order valence-electron chi connectivity index (χ3n) is 3.81. The highest BCUT2D eigenvalue weighted by molar-refractivity contribution is 4.44. The highest BCUT2D eigenvalue weighted by Gasteiger charge is 1.95. The summed E-state index contributed by atoms with van der Waals surface area (Å²) in [6.45, 7) is 10.1. The van der Waals surface area contributed by atoms with Gasteiger partial charge in [-0.1, -0.05) is 5.11 Å². The molecule has 0 fully saturated rings. The van der Waals surface area contributed by atoms with Crippen molar-refractivity contribution in [2.45, 2.75) is 0 Å². The van der Waals surface area contributed by atoms with E-state index in [0.717, 1.165) is 0 Å². The fourth-order valence-corrected chi connectivity index (χ4v) is 2.15. The van der Waals surface area contributed by atoms with Crippen LogP contribution in [0.4, 0.5) is 0 Å². The zero-order chi connectivity index (χ0) is 24.6. The summed E-state index contributed by atoms with van der Waals surface area (Å²) in [5.41, 5.74) is 8.11. The Kier molecular flexibility index (Phi) is 30.9. The molecule has 0 aromatic heterocycles. The van der Waals surface area contributed by atoms with Gasteiger partial charge in [0.2, 0.25) is 0 Å². The first-order valence-electron chi connectivity index (χ1n) is 11.6. The van der Waals surface area contributed by atoms with E-state index in [9.17, 15) is 0 Å². The number of nitrogens with zero attached hydrogens (tertiary/aromatic N) is 3. The Labute approximate surface area is 202 Å². The first kappa shape index (κ1) is 32.9. The normalized spacial score (nSPS) is 11.1. The predicted octanol–water partition coefficient (Wildman–Crippen LogP) is 1.09. The molecule has 0 spiro atoms. The minimum atomic E-state index is 0.332. The highest BCUT2D eigenvalue weighted by Crippen LogP contribution is 1.86. The fraction of sp³-hybridized carbons (Fsp3) is 1.00. The summed E-state index contributed by atoms with van der Waals surface area (Å²) in [7, 11) is 1.64. The number of methoxy groups -OCH3 is 1. The standard InChI is InChI=1S/C21H43N3O10/c1-25-4-5-27-8-9-29-12-13-31-16-17-33-20-21-34-19-18-32-15-14-30-11-10-28-7-6-26-3-2-23-24-22/h2-21H2,1H3. The summed E-state index contributed by atoms with van der Waals surface area (Å²) < 4.78 is 53.1. The van der Waals surface area contributed by atoms with Gasteiger partial charge in [-0.15, -0.1) is 0 Å². The van der Waals surface area contributed by atoms with Gasteiger partial charge in [0.05, 0.1) is 126 Å². The van der Waals surface area contributed by atoms with Crippen molar-refractivity contribution in [2.24, 2.45) is 5.11 Å². The summed E-state index contributed by atoms with van der Waals surface area (Å²) in [5, 5.41) is 3.36. The van der Waals surface area contributed by atoms with Gasteiger partial charge in [0.15, 0.2) is 0 Å². The third-order valence-corrected chi connectivity index (χ3v) is 3.81. The van der Waals surface area contributed by atoms with Crippen LogP contribution < -0.4 is 0 Å². The Morgan fingerprint density at radius 1 is 0.412 bits per heavy atom. The van der Waals surface area contributed by atoms with Gasteiger partial charge in [0, 0.05) is 18.6 Å². The van der Waals surface area contributed by atoms with Crippen molar-refractivity contribution >= 4 is 0 Å². The summed E-state index contributed by atoms with van der Waals surface area (Å²) in [6, 6.07) is 0. The minimum absolute atomic E-state index is 0.332. The van der Waals surface area contributed by atoms with Crippen LogP contribution in [-0.4, -0.2) is 139 Å². The van der Waals surface area contributed by atoms with Crippen molar-refractivity contribution in [3.8, 4) is 0 Å². The molecule has 0 saturated heterocycles. The molecular formula is C21H43N3O10. The molecule has 0 bridgehead atoms. The van der Waals surface area contributed by atoms with Crippen molar-refractivity contribution in [3.05, 3.63) is 10.4 Å². The lowest BCUT2D eigenvalue weighted by Crippen LogP contribution is -2.15. The Balaban J connectivity index is 3.01. The quantitative estimate of drug-likeness (QED) is 0.0613. The Morgan fingerprint density at radius 2 is 0.647 bits per heavy atom. The summed E-state index contributed by atoms with van der Waals surface area (Å²) >= 11 is 0. The summed E-state index contributed by atoms with van der Waals surface area (Å²) in [5.74, 6) is 0. The highest BCUT2D eigenvalue weighted by atomic mass is 16.6. The lowest BCUT2D eigenvalue weighted by atomic mass is 10.6. The molecular weight excluding hydrogens is 454 g/mol. The maximum atomic E-state index is 8.11. The van der Waals surface area contributed by atoms with Crippen LogP contribution in [0, 0.1) is 0 Å². The van der Waals surface area contributed by atoms with E-state index in [4.69, 9.17) is 52.9 Å². The molecule has 34 heavy (non-hydrogen) atoms. The average Bonchev–Trinajstić information content (AvgIpc) is 2.85. The van der Waals surface area contributed by atoms with Gasteiger partial charge in [-0.05, 0) is 5.53 Å². The van der Waals surface area contributed by atoms with E-state index in [1.165, 1.54) is 0 Å². The first-order valence-corrected chi connectivity index (χ1v) is 11.6. The number of hydrogen-bond acceptors (Lipinski definition) is 11. The van der Waals surface area contributed by atoms with E-state index in [2.05, 4.69) is 10.0 Å². The maximum absolute atomic E-state index is 8.11. The Bertz CT molecular complexity index is 432. The Morgan fingerprint density at radius 3 is 0.882 bits per heavy atom. The van der Waals surface area contributed by atoms with E-state index >= 15 is 0 Å². The van der Waals surface area contributed by atoms with Crippen LogP contribution in [0.15, 0.2) is 5.11 Å². The monoisotopic (exact) mass is 497 g/mol. The number of azide groups is 1. The van der Waals surface area contributed by atoms with Crippen LogP contribution in [0.25, 0.3) is 10.4 Å².